The van der Waals surface area contributed by atoms with E-state index in [4.69, 9.17) is 20.3 Å². The fraction of sp³-hybridized carbons (Fsp3) is 0.400. The lowest BCUT2D eigenvalue weighted by Crippen LogP contribution is -2.18. The van der Waals surface area contributed by atoms with Crippen LogP contribution in [0.25, 0.3) is 0 Å². The highest BCUT2D eigenvalue weighted by atomic mass is 16.6. The molecule has 1 aliphatic rings. The van der Waals surface area contributed by atoms with Crippen LogP contribution in [0.1, 0.15) is 11.6 Å². The molecule has 1 atom stereocenters. The second-order valence-corrected chi connectivity index (χ2v) is 3.19. The van der Waals surface area contributed by atoms with Crippen LogP contribution in [0, 0.1) is 0 Å². The number of hydrogen-bond donors (Lipinski definition) is 2. The maximum absolute atomic E-state index is 8.90. The first-order chi connectivity index (χ1) is 6.81. The fourth-order valence-corrected chi connectivity index (χ4v) is 1.40. The molecular weight excluding hydrogens is 182 g/mol. The Labute approximate surface area is 82.2 Å². The lowest BCUT2D eigenvalue weighted by atomic mass is 10.1. The van der Waals surface area contributed by atoms with Gasteiger partial charge in [-0.05, 0) is 17.7 Å². The van der Waals surface area contributed by atoms with Crippen molar-refractivity contribution in [1.29, 1.82) is 0 Å². The average Bonchev–Trinajstić information content (AvgIpc) is 2.27. The lowest BCUT2D eigenvalue weighted by molar-refractivity contribution is 0.171. The fourth-order valence-electron chi connectivity index (χ4n) is 1.40. The summed E-state index contributed by atoms with van der Waals surface area (Å²) in [7, 11) is 0. The van der Waals surface area contributed by atoms with Gasteiger partial charge in [0.05, 0.1) is 12.6 Å². The molecule has 0 unspecified atom stereocenters. The number of aliphatic hydroxyl groups is 1. The van der Waals surface area contributed by atoms with E-state index in [1.807, 2.05) is 18.2 Å². The normalized spacial score (nSPS) is 16.4. The Morgan fingerprint density at radius 1 is 1.29 bits per heavy atom. The average molecular weight is 195 g/mol. The Kier molecular flexibility index (Phi) is 2.56. The first-order valence-corrected chi connectivity index (χ1v) is 4.57. The van der Waals surface area contributed by atoms with Crippen LogP contribution in [0.3, 0.4) is 0 Å². The zero-order valence-corrected chi connectivity index (χ0v) is 7.77. The van der Waals surface area contributed by atoms with Crippen molar-refractivity contribution >= 4 is 0 Å². The van der Waals surface area contributed by atoms with Gasteiger partial charge in [-0.2, -0.15) is 0 Å². The zero-order chi connectivity index (χ0) is 9.97. The summed E-state index contributed by atoms with van der Waals surface area (Å²) in [6.07, 6.45) is 0. The third kappa shape index (κ3) is 1.66. The molecule has 4 nitrogen and oxygen atoms in total. The van der Waals surface area contributed by atoms with Crippen molar-refractivity contribution in [2.24, 2.45) is 5.73 Å². The zero-order valence-electron chi connectivity index (χ0n) is 7.77. The van der Waals surface area contributed by atoms with Gasteiger partial charge < -0.3 is 20.3 Å². The molecule has 3 N–H and O–H groups in total. The molecule has 1 aromatic rings. The second kappa shape index (κ2) is 3.86. The first-order valence-electron chi connectivity index (χ1n) is 4.57. The Morgan fingerprint density at radius 3 is 2.71 bits per heavy atom. The topological polar surface area (TPSA) is 64.7 Å². The van der Waals surface area contributed by atoms with Gasteiger partial charge in [-0.1, -0.05) is 6.07 Å². The number of aliphatic hydroxyl groups excluding tert-OH is 1. The predicted molar refractivity (Wildman–Crippen MR) is 51.4 cm³/mol. The molecule has 0 aromatic heterocycles. The molecule has 1 heterocycles. The van der Waals surface area contributed by atoms with E-state index < -0.39 is 0 Å². The van der Waals surface area contributed by atoms with Gasteiger partial charge in [-0.25, -0.2) is 0 Å². The van der Waals surface area contributed by atoms with Gasteiger partial charge in [0.15, 0.2) is 11.5 Å². The summed E-state index contributed by atoms with van der Waals surface area (Å²) in [5.41, 5.74) is 6.54. The summed E-state index contributed by atoms with van der Waals surface area (Å²) in [5, 5.41) is 8.90. The number of nitrogens with two attached hydrogens (primary N) is 1. The van der Waals surface area contributed by atoms with Crippen molar-refractivity contribution in [2.45, 2.75) is 6.04 Å². The third-order valence-electron chi connectivity index (χ3n) is 2.19. The summed E-state index contributed by atoms with van der Waals surface area (Å²) in [5.74, 6) is 1.45. The quantitative estimate of drug-likeness (QED) is 0.719. The molecular formula is C10H13NO3. The minimum Gasteiger partial charge on any atom is -0.486 e. The van der Waals surface area contributed by atoms with E-state index in [1.54, 1.807) is 0 Å². The molecule has 4 heteroatoms. The number of ether oxygens (including phenoxy) is 2. The summed E-state index contributed by atoms with van der Waals surface area (Å²) < 4.78 is 10.8. The highest BCUT2D eigenvalue weighted by Gasteiger charge is 2.13. The van der Waals surface area contributed by atoms with E-state index in [0.29, 0.717) is 19.0 Å². The second-order valence-electron chi connectivity index (χ2n) is 3.19. The number of rotatable bonds is 2. The maximum Gasteiger partial charge on any atom is 0.161 e. The molecule has 0 fully saturated rings. The van der Waals surface area contributed by atoms with Crippen LogP contribution in [0.5, 0.6) is 11.5 Å². The van der Waals surface area contributed by atoms with Gasteiger partial charge in [-0.15, -0.1) is 0 Å². The molecule has 1 aromatic carbocycles. The molecule has 0 aliphatic carbocycles. The van der Waals surface area contributed by atoms with Crippen molar-refractivity contribution < 1.29 is 14.6 Å². The van der Waals surface area contributed by atoms with Crippen LogP contribution in [0.2, 0.25) is 0 Å². The Hall–Kier alpha value is -1.26. The van der Waals surface area contributed by atoms with Crippen LogP contribution >= 0.6 is 0 Å². The summed E-state index contributed by atoms with van der Waals surface area (Å²) in [6.45, 7) is 1.07. The van der Waals surface area contributed by atoms with Crippen LogP contribution in [0.4, 0.5) is 0 Å². The van der Waals surface area contributed by atoms with Gasteiger partial charge in [0.2, 0.25) is 0 Å². The van der Waals surface area contributed by atoms with Gasteiger partial charge in [-0.3, -0.25) is 0 Å². The van der Waals surface area contributed by atoms with Gasteiger partial charge in [0, 0.05) is 0 Å². The van der Waals surface area contributed by atoms with Crippen molar-refractivity contribution in [3.05, 3.63) is 23.8 Å². The molecule has 1 aliphatic heterocycles. The van der Waals surface area contributed by atoms with Gasteiger partial charge in [0.25, 0.3) is 0 Å². The SMILES string of the molecule is N[C@@H](CO)c1ccc2c(c1)OCCO2. The van der Waals surface area contributed by atoms with Crippen molar-refractivity contribution in [1.82, 2.24) is 0 Å². The number of benzene rings is 1. The van der Waals surface area contributed by atoms with E-state index >= 15 is 0 Å². The highest BCUT2D eigenvalue weighted by Crippen LogP contribution is 2.31. The smallest absolute Gasteiger partial charge is 0.161 e. The van der Waals surface area contributed by atoms with Crippen molar-refractivity contribution in [2.75, 3.05) is 19.8 Å². The summed E-state index contributed by atoms with van der Waals surface area (Å²) >= 11 is 0. The monoisotopic (exact) mass is 195 g/mol. The third-order valence-corrected chi connectivity index (χ3v) is 2.19. The van der Waals surface area contributed by atoms with Crippen LogP contribution < -0.4 is 15.2 Å². The molecule has 0 spiro atoms. The number of hydrogen-bond acceptors (Lipinski definition) is 4. The standard InChI is InChI=1S/C10H13NO3/c11-8(6-12)7-1-2-9-10(5-7)14-4-3-13-9/h1-2,5,8,12H,3-4,6,11H2/t8-/m0/s1. The lowest BCUT2D eigenvalue weighted by Gasteiger charge is -2.19. The Bertz CT molecular complexity index is 327. The number of fused-ring (bicyclic) bond motifs is 1. The molecule has 2 rings (SSSR count). The van der Waals surface area contributed by atoms with E-state index in [-0.39, 0.29) is 12.6 Å². The van der Waals surface area contributed by atoms with E-state index in [0.717, 1.165) is 11.3 Å². The Balaban J connectivity index is 2.29. The van der Waals surface area contributed by atoms with Gasteiger partial charge in [0.1, 0.15) is 13.2 Å². The molecule has 14 heavy (non-hydrogen) atoms. The van der Waals surface area contributed by atoms with Crippen molar-refractivity contribution in [3.63, 3.8) is 0 Å². The minimum atomic E-state index is -0.356. The maximum atomic E-state index is 8.90. The molecule has 0 saturated carbocycles. The van der Waals surface area contributed by atoms with Crippen LogP contribution in [-0.2, 0) is 0 Å². The van der Waals surface area contributed by atoms with Crippen LogP contribution in [-0.4, -0.2) is 24.9 Å². The minimum absolute atomic E-state index is 0.0698. The molecule has 76 valence electrons. The summed E-state index contributed by atoms with van der Waals surface area (Å²) in [4.78, 5) is 0. The highest BCUT2D eigenvalue weighted by molar-refractivity contribution is 5.44. The molecule has 0 saturated heterocycles. The van der Waals surface area contributed by atoms with Crippen molar-refractivity contribution in [3.8, 4) is 11.5 Å². The Morgan fingerprint density at radius 2 is 2.00 bits per heavy atom. The van der Waals surface area contributed by atoms with Gasteiger partial charge >= 0.3 is 0 Å². The van der Waals surface area contributed by atoms with E-state index in [2.05, 4.69) is 0 Å². The molecule has 0 bridgehead atoms. The summed E-state index contributed by atoms with van der Waals surface area (Å²) in [6, 6.07) is 5.12. The van der Waals surface area contributed by atoms with E-state index in [9.17, 15) is 0 Å². The van der Waals surface area contributed by atoms with E-state index in [1.165, 1.54) is 0 Å². The molecule has 0 amide bonds. The largest absolute Gasteiger partial charge is 0.486 e. The first kappa shape index (κ1) is 9.30. The van der Waals surface area contributed by atoms with Crippen LogP contribution in [0.15, 0.2) is 18.2 Å². The molecule has 0 radical (unpaired) electrons. The predicted octanol–water partition coefficient (Wildman–Crippen LogP) is 0.450.